The fourth-order valence-electron chi connectivity index (χ4n) is 0.737. The second kappa shape index (κ2) is 10.1. The van der Waals surface area contributed by atoms with Gasteiger partial charge in [-0.05, 0) is 19.3 Å². The van der Waals surface area contributed by atoms with E-state index in [0.717, 1.165) is 19.3 Å². The summed E-state index contributed by atoms with van der Waals surface area (Å²) < 4.78 is 34.0. The van der Waals surface area contributed by atoms with E-state index in [0.29, 0.717) is 6.61 Å². The van der Waals surface area contributed by atoms with Crippen LogP contribution in [0, 0.1) is 0 Å². The van der Waals surface area contributed by atoms with Crippen molar-refractivity contribution in [3.8, 4) is 0 Å². The molecule has 4 nitrogen and oxygen atoms in total. The maximum atomic E-state index is 11.3. The lowest BCUT2D eigenvalue weighted by Crippen LogP contribution is -2.34. The summed E-state index contributed by atoms with van der Waals surface area (Å²) in [7, 11) is 0. The number of carboxylic acids is 1. The first-order chi connectivity index (χ1) is 7.74. The lowest BCUT2D eigenvalue weighted by molar-refractivity contribution is -0.156. The van der Waals surface area contributed by atoms with Gasteiger partial charge < -0.3 is 15.9 Å². The molecule has 0 aromatic rings. The number of halogens is 3. The van der Waals surface area contributed by atoms with E-state index in [9.17, 15) is 18.0 Å². The molecule has 0 rings (SSSR count). The first kappa shape index (κ1) is 18.3. The van der Waals surface area contributed by atoms with Crippen LogP contribution >= 0.6 is 0 Å². The van der Waals surface area contributed by atoms with Crippen LogP contribution in [0.4, 0.5) is 13.2 Å². The molecule has 0 saturated carbocycles. The average molecular weight is 257 g/mol. The molecule has 7 heteroatoms. The Balaban J connectivity index is 0. The lowest BCUT2D eigenvalue weighted by Gasteiger charge is -2.08. The van der Waals surface area contributed by atoms with E-state index in [1.165, 1.54) is 0 Å². The SMILES string of the molecule is C=CCCCCO.NC(CC(F)(F)F)C(=O)O. The van der Waals surface area contributed by atoms with Gasteiger partial charge in [0.1, 0.15) is 6.04 Å². The molecule has 0 heterocycles. The van der Waals surface area contributed by atoms with Gasteiger partial charge in [0.05, 0.1) is 6.42 Å². The number of carboxylic acid groups (broad SMARTS) is 1. The van der Waals surface area contributed by atoms with Crippen molar-refractivity contribution >= 4 is 5.97 Å². The van der Waals surface area contributed by atoms with E-state index in [2.05, 4.69) is 12.3 Å². The first-order valence-electron chi connectivity index (χ1n) is 5.01. The van der Waals surface area contributed by atoms with Gasteiger partial charge >= 0.3 is 12.1 Å². The monoisotopic (exact) mass is 257 g/mol. The van der Waals surface area contributed by atoms with Gasteiger partial charge in [-0.1, -0.05) is 6.08 Å². The number of alkyl halides is 3. The summed E-state index contributed by atoms with van der Waals surface area (Å²) in [4.78, 5) is 9.75. The lowest BCUT2D eigenvalue weighted by atomic mass is 10.2. The van der Waals surface area contributed by atoms with Gasteiger partial charge in [0.15, 0.2) is 0 Å². The molecule has 0 aliphatic carbocycles. The fourth-order valence-corrected chi connectivity index (χ4v) is 0.737. The largest absolute Gasteiger partial charge is 0.480 e. The molecular formula is C10H18F3NO3. The van der Waals surface area contributed by atoms with E-state index >= 15 is 0 Å². The van der Waals surface area contributed by atoms with Gasteiger partial charge in [-0.15, -0.1) is 6.58 Å². The third kappa shape index (κ3) is 17.5. The maximum absolute atomic E-state index is 11.3. The van der Waals surface area contributed by atoms with E-state index in [-0.39, 0.29) is 0 Å². The molecule has 0 aromatic heterocycles. The second-order valence-electron chi connectivity index (χ2n) is 3.27. The highest BCUT2D eigenvalue weighted by Crippen LogP contribution is 2.20. The first-order valence-corrected chi connectivity index (χ1v) is 5.01. The Bertz CT molecular complexity index is 219. The van der Waals surface area contributed by atoms with E-state index in [4.69, 9.17) is 10.2 Å². The van der Waals surface area contributed by atoms with Crippen molar-refractivity contribution in [2.24, 2.45) is 5.73 Å². The standard InChI is InChI=1S/C6H12O.C4H6F3NO2/c1-2-3-4-5-6-7;5-4(6,7)1-2(8)3(9)10/h2,7H,1,3-6H2;2H,1,8H2,(H,9,10). The molecule has 4 N–H and O–H groups in total. The number of aliphatic carboxylic acids is 1. The Morgan fingerprint density at radius 2 is 1.94 bits per heavy atom. The Kier molecular flexibility index (Phi) is 10.9. The Labute approximate surface area is 97.9 Å². The van der Waals surface area contributed by atoms with Crippen molar-refractivity contribution < 1.29 is 28.2 Å². The minimum Gasteiger partial charge on any atom is -0.480 e. The summed E-state index contributed by atoms with van der Waals surface area (Å²) in [6.45, 7) is 3.86. The van der Waals surface area contributed by atoms with Crippen molar-refractivity contribution in [1.82, 2.24) is 0 Å². The molecule has 0 bridgehead atoms. The van der Waals surface area contributed by atoms with Gasteiger partial charge in [0.25, 0.3) is 0 Å². The normalized spacial score (nSPS) is 12.3. The highest BCUT2D eigenvalue weighted by molar-refractivity contribution is 5.73. The number of aliphatic hydroxyl groups is 1. The zero-order valence-electron chi connectivity index (χ0n) is 9.41. The van der Waals surface area contributed by atoms with Crippen LogP contribution in [0.5, 0.6) is 0 Å². The van der Waals surface area contributed by atoms with Gasteiger partial charge in [-0.3, -0.25) is 4.79 Å². The van der Waals surface area contributed by atoms with E-state index in [1.54, 1.807) is 0 Å². The highest BCUT2D eigenvalue weighted by Gasteiger charge is 2.33. The number of hydrogen-bond acceptors (Lipinski definition) is 3. The third-order valence-corrected chi connectivity index (χ3v) is 1.58. The maximum Gasteiger partial charge on any atom is 0.391 e. The fraction of sp³-hybridized carbons (Fsp3) is 0.700. The molecule has 1 unspecified atom stereocenters. The number of unbranched alkanes of at least 4 members (excludes halogenated alkanes) is 2. The molecular weight excluding hydrogens is 239 g/mol. The van der Waals surface area contributed by atoms with Crippen molar-refractivity contribution in [3.63, 3.8) is 0 Å². The predicted octanol–water partition coefficient (Wildman–Crippen LogP) is 1.69. The molecule has 0 aliphatic heterocycles. The minimum absolute atomic E-state index is 0.313. The quantitative estimate of drug-likeness (QED) is 0.499. The second-order valence-corrected chi connectivity index (χ2v) is 3.27. The zero-order chi connectivity index (χ0) is 13.9. The molecule has 0 radical (unpaired) electrons. The minimum atomic E-state index is -4.50. The van der Waals surface area contributed by atoms with Crippen molar-refractivity contribution in [3.05, 3.63) is 12.7 Å². The zero-order valence-corrected chi connectivity index (χ0v) is 9.41. The summed E-state index contributed by atoms with van der Waals surface area (Å²) in [5, 5.41) is 16.2. The van der Waals surface area contributed by atoms with Crippen molar-refractivity contribution in [2.75, 3.05) is 6.61 Å². The molecule has 0 fully saturated rings. The number of rotatable bonds is 6. The average Bonchev–Trinajstić information content (AvgIpc) is 2.17. The molecule has 0 spiro atoms. The Morgan fingerprint density at radius 1 is 1.41 bits per heavy atom. The van der Waals surface area contributed by atoms with Gasteiger partial charge in [-0.2, -0.15) is 13.2 Å². The van der Waals surface area contributed by atoms with Crippen LogP contribution in [0.1, 0.15) is 25.7 Å². The molecule has 1 atom stereocenters. The summed E-state index contributed by atoms with van der Waals surface area (Å²) >= 11 is 0. The predicted molar refractivity (Wildman–Crippen MR) is 57.4 cm³/mol. The van der Waals surface area contributed by atoms with Crippen LogP contribution in [0.25, 0.3) is 0 Å². The van der Waals surface area contributed by atoms with Crippen LogP contribution < -0.4 is 5.73 Å². The van der Waals surface area contributed by atoms with Crippen molar-refractivity contribution in [1.29, 1.82) is 0 Å². The van der Waals surface area contributed by atoms with Crippen LogP contribution in [-0.4, -0.2) is 35.0 Å². The van der Waals surface area contributed by atoms with Crippen LogP contribution in [-0.2, 0) is 4.79 Å². The van der Waals surface area contributed by atoms with E-state index < -0.39 is 24.6 Å². The number of hydrogen-bond donors (Lipinski definition) is 3. The smallest absolute Gasteiger partial charge is 0.391 e. The summed E-state index contributed by atoms with van der Waals surface area (Å²) in [6.07, 6.45) is -1.11. The Morgan fingerprint density at radius 3 is 2.18 bits per heavy atom. The third-order valence-electron chi connectivity index (χ3n) is 1.58. The topological polar surface area (TPSA) is 83.5 Å². The molecule has 0 aromatic carbocycles. The van der Waals surface area contributed by atoms with Gasteiger partial charge in [0.2, 0.25) is 0 Å². The van der Waals surface area contributed by atoms with Gasteiger partial charge in [0, 0.05) is 6.61 Å². The number of aliphatic hydroxyl groups excluding tert-OH is 1. The Hall–Kier alpha value is -1.08. The van der Waals surface area contributed by atoms with Crippen LogP contribution in [0.3, 0.4) is 0 Å². The highest BCUT2D eigenvalue weighted by atomic mass is 19.4. The van der Waals surface area contributed by atoms with Crippen LogP contribution in [0.15, 0.2) is 12.7 Å². The molecule has 102 valence electrons. The number of carbonyl (C=O) groups is 1. The van der Waals surface area contributed by atoms with Gasteiger partial charge in [-0.25, -0.2) is 0 Å². The van der Waals surface area contributed by atoms with E-state index in [1.807, 2.05) is 6.08 Å². The molecule has 0 aliphatic rings. The summed E-state index contributed by atoms with van der Waals surface area (Å²) in [5.74, 6) is -1.64. The molecule has 17 heavy (non-hydrogen) atoms. The number of nitrogens with two attached hydrogens (primary N) is 1. The molecule has 0 saturated heterocycles. The van der Waals surface area contributed by atoms with Crippen LogP contribution in [0.2, 0.25) is 0 Å². The summed E-state index contributed by atoms with van der Waals surface area (Å²) in [6, 6.07) is -1.85. The number of allylic oxidation sites excluding steroid dienone is 1. The van der Waals surface area contributed by atoms with Crippen molar-refractivity contribution in [2.45, 2.75) is 37.9 Å². The molecule has 0 amide bonds. The summed E-state index contributed by atoms with van der Waals surface area (Å²) in [5.41, 5.74) is 4.58.